The zero-order valence-corrected chi connectivity index (χ0v) is 7.42. The molecule has 0 aromatic carbocycles. The molecule has 0 aliphatic carbocycles. The van der Waals surface area contributed by atoms with Crippen LogP contribution in [0.15, 0.2) is 10.6 Å². The number of hydrogen-bond donors (Lipinski definition) is 0. The summed E-state index contributed by atoms with van der Waals surface area (Å²) in [5.74, 6) is -0.383. The van der Waals surface area contributed by atoms with Gasteiger partial charge in [0.25, 0.3) is 0 Å². The first kappa shape index (κ1) is 8.26. The Hall–Kier alpha value is -0.840. The second-order valence-corrected chi connectivity index (χ2v) is 2.37. The molecule has 0 spiro atoms. The third kappa shape index (κ3) is 1.80. The fourth-order valence-electron chi connectivity index (χ4n) is 0.572. The summed E-state index contributed by atoms with van der Waals surface area (Å²) in [6.07, 6.45) is 0. The van der Waals surface area contributed by atoms with Gasteiger partial charge in [-0.05, 0) is 0 Å². The highest BCUT2D eigenvalue weighted by Crippen LogP contribution is 2.07. The summed E-state index contributed by atoms with van der Waals surface area (Å²) >= 11 is 3.17. The lowest BCUT2D eigenvalue weighted by molar-refractivity contribution is 0.0554. The summed E-state index contributed by atoms with van der Waals surface area (Å²) in [6, 6.07) is 1.53. The SMILES string of the molecule is COC(=O)c1cc(CBr)no1. The summed E-state index contributed by atoms with van der Waals surface area (Å²) < 4.78 is 9.06. The van der Waals surface area contributed by atoms with Gasteiger partial charge in [-0.2, -0.15) is 0 Å². The zero-order valence-electron chi connectivity index (χ0n) is 5.83. The molecular weight excluding hydrogens is 214 g/mol. The normalized spacial score (nSPS) is 9.64. The molecule has 0 N–H and O–H groups in total. The Morgan fingerprint density at radius 2 is 2.64 bits per heavy atom. The highest BCUT2D eigenvalue weighted by Gasteiger charge is 2.11. The van der Waals surface area contributed by atoms with Gasteiger partial charge in [0.05, 0.1) is 12.8 Å². The molecule has 1 rings (SSSR count). The van der Waals surface area contributed by atoms with Crippen LogP contribution in [0.5, 0.6) is 0 Å². The third-order valence-corrected chi connectivity index (χ3v) is 1.66. The molecule has 0 saturated heterocycles. The van der Waals surface area contributed by atoms with Crippen molar-refractivity contribution >= 4 is 21.9 Å². The third-order valence-electron chi connectivity index (χ3n) is 1.08. The molecule has 0 bridgehead atoms. The predicted molar refractivity (Wildman–Crippen MR) is 40.5 cm³/mol. The van der Waals surface area contributed by atoms with Gasteiger partial charge in [0.2, 0.25) is 5.76 Å². The minimum atomic E-state index is -0.510. The van der Waals surface area contributed by atoms with Crippen LogP contribution in [-0.2, 0) is 10.1 Å². The quantitative estimate of drug-likeness (QED) is 0.557. The fourth-order valence-corrected chi connectivity index (χ4v) is 0.836. The number of halogens is 1. The topological polar surface area (TPSA) is 52.3 Å². The number of ether oxygens (including phenoxy) is 1. The maximum Gasteiger partial charge on any atom is 0.376 e. The van der Waals surface area contributed by atoms with Crippen LogP contribution in [0, 0.1) is 0 Å². The molecule has 0 radical (unpaired) electrons. The van der Waals surface area contributed by atoms with E-state index in [4.69, 9.17) is 0 Å². The zero-order chi connectivity index (χ0) is 8.27. The van der Waals surface area contributed by atoms with Crippen molar-refractivity contribution in [2.75, 3.05) is 7.11 Å². The molecule has 1 aromatic heterocycles. The number of carbonyl (C=O) groups excluding carboxylic acids is 1. The Kier molecular flexibility index (Phi) is 2.64. The molecule has 60 valence electrons. The van der Waals surface area contributed by atoms with Crippen LogP contribution in [0.3, 0.4) is 0 Å². The van der Waals surface area contributed by atoms with Gasteiger partial charge in [-0.25, -0.2) is 4.79 Å². The molecule has 11 heavy (non-hydrogen) atoms. The van der Waals surface area contributed by atoms with E-state index >= 15 is 0 Å². The Labute approximate surface area is 71.6 Å². The average Bonchev–Trinajstić information content (AvgIpc) is 2.50. The maximum atomic E-state index is 10.8. The van der Waals surface area contributed by atoms with Gasteiger partial charge >= 0.3 is 5.97 Å². The minimum Gasteiger partial charge on any atom is -0.463 e. The van der Waals surface area contributed by atoms with E-state index in [9.17, 15) is 4.79 Å². The van der Waals surface area contributed by atoms with Crippen molar-refractivity contribution in [3.63, 3.8) is 0 Å². The van der Waals surface area contributed by atoms with Gasteiger partial charge in [0.1, 0.15) is 0 Å². The molecule has 0 unspecified atom stereocenters. The van der Waals surface area contributed by atoms with E-state index in [1.54, 1.807) is 0 Å². The molecule has 1 heterocycles. The number of aromatic nitrogens is 1. The number of hydrogen-bond acceptors (Lipinski definition) is 4. The lowest BCUT2D eigenvalue weighted by Crippen LogP contribution is -1.98. The lowest BCUT2D eigenvalue weighted by atomic mass is 10.4. The summed E-state index contributed by atoms with van der Waals surface area (Å²) in [4.78, 5) is 10.8. The second-order valence-electron chi connectivity index (χ2n) is 1.81. The summed E-state index contributed by atoms with van der Waals surface area (Å²) in [6.45, 7) is 0. The maximum absolute atomic E-state index is 10.8. The summed E-state index contributed by atoms with van der Waals surface area (Å²) in [5.41, 5.74) is 0.672. The Balaban J connectivity index is 2.80. The molecule has 4 nitrogen and oxygen atoms in total. The van der Waals surface area contributed by atoms with E-state index < -0.39 is 5.97 Å². The molecule has 0 amide bonds. The molecule has 0 aliphatic rings. The second kappa shape index (κ2) is 3.52. The van der Waals surface area contributed by atoms with Gasteiger partial charge in [-0.3, -0.25) is 0 Å². The van der Waals surface area contributed by atoms with E-state index in [2.05, 4.69) is 30.3 Å². The molecule has 0 aliphatic heterocycles. The standard InChI is InChI=1S/C6H6BrNO3/c1-10-6(9)5-2-4(3-7)8-11-5/h2H,3H2,1H3. The van der Waals surface area contributed by atoms with E-state index in [1.165, 1.54) is 13.2 Å². The highest BCUT2D eigenvalue weighted by molar-refractivity contribution is 9.08. The Morgan fingerprint density at radius 1 is 1.91 bits per heavy atom. The number of nitrogens with zero attached hydrogens (tertiary/aromatic N) is 1. The minimum absolute atomic E-state index is 0.127. The summed E-state index contributed by atoms with van der Waals surface area (Å²) in [7, 11) is 1.29. The van der Waals surface area contributed by atoms with E-state index in [1.807, 2.05) is 0 Å². The Bertz CT molecular complexity index is 258. The number of alkyl halides is 1. The van der Waals surface area contributed by atoms with Crippen LogP contribution in [0.2, 0.25) is 0 Å². The van der Waals surface area contributed by atoms with Crippen LogP contribution in [0.1, 0.15) is 16.2 Å². The van der Waals surface area contributed by atoms with Crippen molar-refractivity contribution in [1.29, 1.82) is 0 Å². The highest BCUT2D eigenvalue weighted by atomic mass is 79.9. The van der Waals surface area contributed by atoms with Crippen molar-refractivity contribution in [1.82, 2.24) is 5.16 Å². The first-order valence-corrected chi connectivity index (χ1v) is 4.00. The molecule has 0 atom stereocenters. The Morgan fingerprint density at radius 3 is 3.09 bits per heavy atom. The van der Waals surface area contributed by atoms with Crippen LogP contribution in [-0.4, -0.2) is 18.2 Å². The van der Waals surface area contributed by atoms with E-state index in [0.29, 0.717) is 11.0 Å². The summed E-state index contributed by atoms with van der Waals surface area (Å²) in [5, 5.41) is 4.14. The van der Waals surface area contributed by atoms with Crippen LogP contribution < -0.4 is 0 Å². The number of esters is 1. The van der Waals surface area contributed by atoms with E-state index in [-0.39, 0.29) is 5.76 Å². The van der Waals surface area contributed by atoms with Crippen molar-refractivity contribution in [2.24, 2.45) is 0 Å². The van der Waals surface area contributed by atoms with Crippen molar-refractivity contribution in [3.05, 3.63) is 17.5 Å². The smallest absolute Gasteiger partial charge is 0.376 e. The fraction of sp³-hybridized carbons (Fsp3) is 0.333. The molecule has 0 fully saturated rings. The largest absolute Gasteiger partial charge is 0.463 e. The average molecular weight is 220 g/mol. The van der Waals surface area contributed by atoms with Gasteiger partial charge in [0.15, 0.2) is 0 Å². The monoisotopic (exact) mass is 219 g/mol. The van der Waals surface area contributed by atoms with Gasteiger partial charge in [-0.1, -0.05) is 21.1 Å². The van der Waals surface area contributed by atoms with Crippen LogP contribution in [0.25, 0.3) is 0 Å². The number of rotatable bonds is 2. The number of methoxy groups -OCH3 is 1. The first-order valence-electron chi connectivity index (χ1n) is 2.87. The molecular formula is C6H6BrNO3. The van der Waals surface area contributed by atoms with Crippen LogP contribution >= 0.6 is 15.9 Å². The molecule has 1 aromatic rings. The van der Waals surface area contributed by atoms with Crippen molar-refractivity contribution < 1.29 is 14.1 Å². The molecule has 5 heteroatoms. The van der Waals surface area contributed by atoms with Gasteiger partial charge in [0, 0.05) is 11.4 Å². The van der Waals surface area contributed by atoms with Gasteiger partial charge in [-0.15, -0.1) is 0 Å². The lowest BCUT2D eigenvalue weighted by Gasteiger charge is -1.88. The van der Waals surface area contributed by atoms with Crippen LogP contribution in [0.4, 0.5) is 0 Å². The molecule has 0 saturated carbocycles. The predicted octanol–water partition coefficient (Wildman–Crippen LogP) is 1.36. The van der Waals surface area contributed by atoms with Crippen molar-refractivity contribution in [3.8, 4) is 0 Å². The number of carbonyl (C=O) groups is 1. The van der Waals surface area contributed by atoms with Crippen molar-refractivity contribution in [2.45, 2.75) is 5.33 Å². The van der Waals surface area contributed by atoms with E-state index in [0.717, 1.165) is 0 Å². The first-order chi connectivity index (χ1) is 5.27. The van der Waals surface area contributed by atoms with Gasteiger partial charge < -0.3 is 9.26 Å².